The van der Waals surface area contributed by atoms with Crippen LogP contribution in [0.2, 0.25) is 0 Å². The Morgan fingerprint density at radius 3 is 1.28 bits per heavy atom. The first-order valence-corrected chi connectivity index (χ1v) is 18.3. The molecule has 0 atom stereocenters. The second-order valence-electron chi connectivity index (χ2n) is 11.5. The third-order valence-electron chi connectivity index (χ3n) is 8.33. The van der Waals surface area contributed by atoms with Crippen molar-refractivity contribution >= 4 is 75.9 Å². The van der Waals surface area contributed by atoms with Crippen LogP contribution in [0.3, 0.4) is 0 Å². The third-order valence-corrected chi connectivity index (χ3v) is 10.2. The van der Waals surface area contributed by atoms with Gasteiger partial charge in [0, 0.05) is 10.8 Å². The molecule has 0 aliphatic rings. The quantitative estimate of drug-likeness (QED) is 0.0644. The molecule has 6 N–H and O–H groups in total. The molecular weight excluding hydrogens is 677 g/mol. The predicted molar refractivity (Wildman–Crippen MR) is 195 cm³/mol. The maximum Gasteiger partial charge on any atom is 0.297 e. The summed E-state index contributed by atoms with van der Waals surface area (Å²) in [6, 6.07) is 27.8. The number of rotatable bonds is 9. The number of hydrogen-bond donors (Lipinski definition) is 4. The Bertz CT molecular complexity index is 2420. The molecule has 6 rings (SSSR count). The molecular formula is C36H32N6O6S2. The molecule has 0 radical (unpaired) electrons. The summed E-state index contributed by atoms with van der Waals surface area (Å²) in [7, 11) is -9.27. The summed E-state index contributed by atoms with van der Waals surface area (Å²) in [5, 5.41) is 18.8. The predicted octanol–water partition coefficient (Wildman–Crippen LogP) is 9.27. The molecule has 0 amide bonds. The lowest BCUT2D eigenvalue weighted by Gasteiger charge is -2.14. The van der Waals surface area contributed by atoms with Gasteiger partial charge in [-0.25, -0.2) is 0 Å². The largest absolute Gasteiger partial charge is 0.396 e. The Labute approximate surface area is 288 Å². The fourth-order valence-electron chi connectivity index (χ4n) is 5.97. The first-order valence-electron chi connectivity index (χ1n) is 15.5. The van der Waals surface area contributed by atoms with Crippen LogP contribution in [-0.4, -0.2) is 25.9 Å². The van der Waals surface area contributed by atoms with Crippen molar-refractivity contribution in [3.63, 3.8) is 0 Å². The van der Waals surface area contributed by atoms with E-state index in [2.05, 4.69) is 20.5 Å². The van der Waals surface area contributed by atoms with Gasteiger partial charge >= 0.3 is 0 Å². The summed E-state index contributed by atoms with van der Waals surface area (Å²) < 4.78 is 68.5. The molecule has 254 valence electrons. The number of benzene rings is 6. The molecule has 12 nitrogen and oxygen atoms in total. The molecule has 0 bridgehead atoms. The zero-order chi connectivity index (χ0) is 35.8. The van der Waals surface area contributed by atoms with E-state index < -0.39 is 30.0 Å². The third kappa shape index (κ3) is 6.69. The van der Waals surface area contributed by atoms with Crippen LogP contribution >= 0.6 is 0 Å². The Hall–Kier alpha value is -5.54. The first-order chi connectivity index (χ1) is 23.8. The number of nitrogen functional groups attached to an aromatic ring is 2. The fraction of sp³-hybridized carbons (Fsp3) is 0.111. The number of anilines is 2. The number of aryl methyl sites for hydroxylation is 2. The van der Waals surface area contributed by atoms with E-state index >= 15 is 0 Å². The second-order valence-corrected chi connectivity index (χ2v) is 14.2. The van der Waals surface area contributed by atoms with Crippen LogP contribution in [0, 0.1) is 0 Å². The van der Waals surface area contributed by atoms with Crippen molar-refractivity contribution in [3.8, 4) is 11.1 Å². The number of hydrogen-bond acceptors (Lipinski definition) is 10. The van der Waals surface area contributed by atoms with Crippen molar-refractivity contribution in [3.05, 3.63) is 108 Å². The minimum absolute atomic E-state index is 0.108. The van der Waals surface area contributed by atoms with Gasteiger partial charge in [-0.3, -0.25) is 9.11 Å². The van der Waals surface area contributed by atoms with Crippen molar-refractivity contribution in [2.45, 2.75) is 36.5 Å². The highest BCUT2D eigenvalue weighted by atomic mass is 32.2. The molecule has 0 spiro atoms. The topological polar surface area (TPSA) is 210 Å². The number of nitrogens with zero attached hydrogens (tertiary/aromatic N) is 4. The zero-order valence-corrected chi connectivity index (χ0v) is 28.6. The lowest BCUT2D eigenvalue weighted by Crippen LogP contribution is -2.04. The Balaban J connectivity index is 1.33. The molecule has 0 aromatic heterocycles. The van der Waals surface area contributed by atoms with Crippen LogP contribution in [0.25, 0.3) is 32.7 Å². The number of azo groups is 2. The van der Waals surface area contributed by atoms with E-state index in [1.54, 1.807) is 72.8 Å². The SMILES string of the molecule is CCc1cc(/N=N/c2cc3ccccc3c(S(=O)(=O)O)c2N)ccc1-c1ccc(/N=N/c2cc3ccccc3c(S(=O)(=O)O)c2N)cc1CC. The van der Waals surface area contributed by atoms with E-state index in [1.807, 2.05) is 38.1 Å². The monoisotopic (exact) mass is 708 g/mol. The van der Waals surface area contributed by atoms with Crippen LogP contribution in [0.4, 0.5) is 34.1 Å². The summed E-state index contributed by atoms with van der Waals surface area (Å²) in [5.41, 5.74) is 17.1. The maximum atomic E-state index is 12.2. The van der Waals surface area contributed by atoms with Crippen molar-refractivity contribution < 1.29 is 25.9 Å². The molecule has 0 aliphatic carbocycles. The highest BCUT2D eigenvalue weighted by molar-refractivity contribution is 7.86. The van der Waals surface area contributed by atoms with Gasteiger partial charge in [-0.15, -0.1) is 10.2 Å². The highest BCUT2D eigenvalue weighted by Gasteiger charge is 2.22. The molecule has 0 fully saturated rings. The van der Waals surface area contributed by atoms with Gasteiger partial charge in [0.2, 0.25) is 0 Å². The van der Waals surface area contributed by atoms with Crippen molar-refractivity contribution in [1.82, 2.24) is 0 Å². The van der Waals surface area contributed by atoms with Gasteiger partial charge in [-0.2, -0.15) is 27.1 Å². The summed E-state index contributed by atoms with van der Waals surface area (Å²) >= 11 is 0. The fourth-order valence-corrected chi connectivity index (χ4v) is 7.66. The normalized spacial score (nSPS) is 12.5. The average molecular weight is 709 g/mol. The van der Waals surface area contributed by atoms with E-state index in [9.17, 15) is 25.9 Å². The number of nitrogens with two attached hydrogens (primary N) is 2. The second kappa shape index (κ2) is 13.4. The van der Waals surface area contributed by atoms with Gasteiger partial charge in [0.1, 0.15) is 21.2 Å². The molecule has 50 heavy (non-hydrogen) atoms. The van der Waals surface area contributed by atoms with Crippen LogP contribution in [0.5, 0.6) is 0 Å². The zero-order valence-electron chi connectivity index (χ0n) is 26.9. The van der Waals surface area contributed by atoms with Gasteiger partial charge in [0.15, 0.2) is 0 Å². The molecule has 0 aliphatic heterocycles. The summed E-state index contributed by atoms with van der Waals surface area (Å²) in [6.45, 7) is 4.03. The van der Waals surface area contributed by atoms with Crippen LogP contribution in [-0.2, 0) is 33.1 Å². The lowest BCUT2D eigenvalue weighted by molar-refractivity contribution is 0.482. The van der Waals surface area contributed by atoms with E-state index in [1.165, 1.54) is 0 Å². The molecule has 6 aromatic rings. The van der Waals surface area contributed by atoms with Crippen molar-refractivity contribution in [1.29, 1.82) is 0 Å². The Morgan fingerprint density at radius 2 is 0.920 bits per heavy atom. The van der Waals surface area contributed by atoms with Gasteiger partial charge in [0.05, 0.1) is 22.7 Å². The van der Waals surface area contributed by atoms with Gasteiger partial charge < -0.3 is 11.5 Å². The molecule has 14 heteroatoms. The van der Waals surface area contributed by atoms with E-state index in [0.717, 1.165) is 22.3 Å². The Kier molecular flexibility index (Phi) is 9.20. The van der Waals surface area contributed by atoms with E-state index in [4.69, 9.17) is 11.5 Å². The van der Waals surface area contributed by atoms with Gasteiger partial charge in [-0.1, -0.05) is 74.5 Å². The summed E-state index contributed by atoms with van der Waals surface area (Å²) in [4.78, 5) is -0.819. The maximum absolute atomic E-state index is 12.2. The van der Waals surface area contributed by atoms with E-state index in [0.29, 0.717) is 35.0 Å². The lowest BCUT2D eigenvalue weighted by atomic mass is 9.92. The van der Waals surface area contributed by atoms with Crippen LogP contribution in [0.15, 0.2) is 127 Å². The summed E-state index contributed by atoms with van der Waals surface area (Å²) in [6.07, 6.45) is 1.34. The molecule has 0 saturated heterocycles. The van der Waals surface area contributed by atoms with E-state index in [-0.39, 0.29) is 33.5 Å². The average Bonchev–Trinajstić information content (AvgIpc) is 3.08. The summed E-state index contributed by atoms with van der Waals surface area (Å²) in [5.74, 6) is 0. The highest BCUT2D eigenvalue weighted by Crippen LogP contribution is 2.40. The molecule has 0 saturated carbocycles. The number of fused-ring (bicyclic) bond motifs is 2. The van der Waals surface area contributed by atoms with Gasteiger partial charge in [0.25, 0.3) is 20.2 Å². The van der Waals surface area contributed by atoms with Crippen LogP contribution in [0.1, 0.15) is 25.0 Å². The van der Waals surface area contributed by atoms with Crippen LogP contribution < -0.4 is 11.5 Å². The minimum atomic E-state index is -4.63. The van der Waals surface area contributed by atoms with Crippen molar-refractivity contribution in [2.75, 3.05) is 11.5 Å². The standard InChI is InChI=1S/C36H32N6O6S2/c1-3-21-17-25(39-41-31-19-23-9-5-7-11-29(23)35(33(31)37)49(43,44)45)13-15-27(21)28-16-14-26(18-22(28)4-2)40-42-32-20-24-10-6-8-12-30(24)36(34(32)38)50(46,47)48/h5-20H,3-4,37-38H2,1-2H3,(H,43,44,45)(H,46,47,48)/b41-39+,42-40+. The Morgan fingerprint density at radius 1 is 0.540 bits per heavy atom. The molecule has 6 aromatic carbocycles. The minimum Gasteiger partial charge on any atom is -0.396 e. The first kappa shape index (κ1) is 34.3. The smallest absolute Gasteiger partial charge is 0.297 e. The van der Waals surface area contributed by atoms with Crippen molar-refractivity contribution in [2.24, 2.45) is 20.5 Å². The molecule has 0 heterocycles. The van der Waals surface area contributed by atoms with Gasteiger partial charge in [-0.05, 0) is 82.3 Å². The molecule has 0 unspecified atom stereocenters.